The number of carbonyl (C=O) groups is 2. The summed E-state index contributed by atoms with van der Waals surface area (Å²) in [6, 6.07) is 13.7. The van der Waals surface area contributed by atoms with Crippen LogP contribution in [0.2, 0.25) is 0 Å². The Morgan fingerprint density at radius 2 is 2.03 bits per heavy atom. The number of thiophene rings is 1. The Kier molecular flexibility index (Phi) is 7.66. The van der Waals surface area contributed by atoms with Crippen LogP contribution in [0.5, 0.6) is 0 Å². The summed E-state index contributed by atoms with van der Waals surface area (Å²) in [6.45, 7) is 5.74. The lowest BCUT2D eigenvalue weighted by atomic mass is 9.82. The maximum Gasteiger partial charge on any atom is 0.316 e. The molecule has 1 aliphatic heterocycles. The van der Waals surface area contributed by atoms with Gasteiger partial charge in [0.2, 0.25) is 0 Å². The molecule has 1 aromatic heterocycles. The van der Waals surface area contributed by atoms with Crippen LogP contribution in [0.15, 0.2) is 58.0 Å². The Labute approximate surface area is 190 Å². The number of benzene rings is 1. The average molecular weight is 454 g/mol. The molecule has 2 aromatic rings. The summed E-state index contributed by atoms with van der Waals surface area (Å²) >= 11 is 2.69. The van der Waals surface area contributed by atoms with E-state index in [1.807, 2.05) is 48.7 Å². The molecule has 2 atom stereocenters. The molecule has 1 aromatic carbocycles. The van der Waals surface area contributed by atoms with E-state index in [0.29, 0.717) is 22.9 Å². The van der Waals surface area contributed by atoms with Crippen LogP contribution in [0.4, 0.5) is 5.69 Å². The molecule has 2 heterocycles. The number of para-hydroxylation sites is 1. The van der Waals surface area contributed by atoms with Crippen molar-refractivity contribution in [1.29, 1.82) is 5.26 Å². The zero-order valence-electron chi connectivity index (χ0n) is 17.5. The number of nitriles is 1. The van der Waals surface area contributed by atoms with E-state index in [9.17, 15) is 14.9 Å². The van der Waals surface area contributed by atoms with Crippen LogP contribution in [-0.4, -0.2) is 29.3 Å². The van der Waals surface area contributed by atoms with Crippen LogP contribution in [0, 0.1) is 24.2 Å². The summed E-state index contributed by atoms with van der Waals surface area (Å²) < 4.78 is 4.99. The van der Waals surface area contributed by atoms with E-state index in [-0.39, 0.29) is 17.6 Å². The Morgan fingerprint density at radius 3 is 2.68 bits per heavy atom. The molecule has 0 bridgehead atoms. The van der Waals surface area contributed by atoms with Gasteiger partial charge >= 0.3 is 5.97 Å². The van der Waals surface area contributed by atoms with Crippen LogP contribution in [0.25, 0.3) is 0 Å². The van der Waals surface area contributed by atoms with E-state index in [4.69, 9.17) is 4.74 Å². The van der Waals surface area contributed by atoms with Crippen LogP contribution in [0.1, 0.15) is 30.2 Å². The normalized spacial score (nSPS) is 18.2. The van der Waals surface area contributed by atoms with Gasteiger partial charge in [-0.05, 0) is 43.8 Å². The number of hydrogen-bond acceptors (Lipinski definition) is 7. The van der Waals surface area contributed by atoms with Crippen molar-refractivity contribution in [3.8, 4) is 6.07 Å². The average Bonchev–Trinajstić information content (AvgIpc) is 3.28. The highest BCUT2D eigenvalue weighted by Gasteiger charge is 2.39. The smallest absolute Gasteiger partial charge is 0.316 e. The first-order valence-corrected chi connectivity index (χ1v) is 11.7. The fourth-order valence-electron chi connectivity index (χ4n) is 3.40. The van der Waals surface area contributed by atoms with Crippen LogP contribution < -0.4 is 5.32 Å². The predicted octanol–water partition coefficient (Wildman–Crippen LogP) is 4.90. The predicted molar refractivity (Wildman–Crippen MR) is 125 cm³/mol. The second kappa shape index (κ2) is 10.4. The lowest BCUT2D eigenvalue weighted by molar-refractivity contribution is -0.139. The molecule has 0 saturated heterocycles. The molecule has 6 nitrogen and oxygen atoms in total. The fourth-order valence-corrected chi connectivity index (χ4v) is 5.19. The number of nitrogens with zero attached hydrogens (tertiary/aromatic N) is 2. The van der Waals surface area contributed by atoms with Gasteiger partial charge < -0.3 is 10.1 Å². The van der Waals surface area contributed by atoms with Crippen molar-refractivity contribution in [2.45, 2.75) is 26.7 Å². The lowest BCUT2D eigenvalue weighted by Gasteiger charge is -2.29. The number of hydrogen-bond donors (Lipinski definition) is 1. The zero-order valence-corrected chi connectivity index (χ0v) is 19.2. The van der Waals surface area contributed by atoms with E-state index in [1.165, 1.54) is 23.1 Å². The molecule has 1 aliphatic rings. The fraction of sp³-hybridized carbons (Fsp3) is 0.304. The second-order valence-electron chi connectivity index (χ2n) is 6.91. The Balaban J connectivity index is 1.98. The highest BCUT2D eigenvalue weighted by molar-refractivity contribution is 8.14. The van der Waals surface area contributed by atoms with Crippen molar-refractivity contribution < 1.29 is 14.3 Å². The van der Waals surface area contributed by atoms with E-state index in [1.54, 1.807) is 13.8 Å². The SMILES string of the molecule is CCOC(=O)CSC1=NC(C)=C(C(=O)Nc2ccccc2C)[C@@H](c2cccs2)C1C#N. The summed E-state index contributed by atoms with van der Waals surface area (Å²) in [5.74, 6) is -1.69. The molecule has 0 spiro atoms. The maximum atomic E-state index is 13.3. The molecule has 0 fully saturated rings. The van der Waals surface area contributed by atoms with Crippen molar-refractivity contribution in [2.75, 3.05) is 17.7 Å². The summed E-state index contributed by atoms with van der Waals surface area (Å²) in [4.78, 5) is 30.6. The zero-order chi connectivity index (χ0) is 22.4. The number of allylic oxidation sites excluding steroid dienone is 1. The number of thioether (sulfide) groups is 1. The molecule has 0 aliphatic carbocycles. The summed E-state index contributed by atoms with van der Waals surface area (Å²) in [7, 11) is 0. The number of aliphatic imine (C=N–C) groups is 1. The first-order valence-electron chi connectivity index (χ1n) is 9.84. The van der Waals surface area contributed by atoms with Gasteiger partial charge in [0.05, 0.1) is 23.5 Å². The van der Waals surface area contributed by atoms with Crippen molar-refractivity contribution in [2.24, 2.45) is 10.9 Å². The molecular weight excluding hydrogens is 430 g/mol. The minimum absolute atomic E-state index is 0.0695. The van der Waals surface area contributed by atoms with Gasteiger partial charge in [0.25, 0.3) is 5.91 Å². The molecule has 160 valence electrons. The van der Waals surface area contributed by atoms with E-state index in [2.05, 4.69) is 16.4 Å². The number of ether oxygens (including phenoxy) is 1. The number of carbonyl (C=O) groups excluding carboxylic acids is 2. The molecule has 1 N–H and O–H groups in total. The van der Waals surface area contributed by atoms with Gasteiger partial charge in [0.15, 0.2) is 0 Å². The number of aryl methyl sites for hydroxylation is 1. The second-order valence-corrected chi connectivity index (χ2v) is 8.89. The minimum Gasteiger partial charge on any atom is -0.465 e. The van der Waals surface area contributed by atoms with Crippen molar-refractivity contribution in [3.05, 3.63) is 63.5 Å². The van der Waals surface area contributed by atoms with Crippen molar-refractivity contribution in [3.63, 3.8) is 0 Å². The van der Waals surface area contributed by atoms with Gasteiger partial charge in [-0.25, -0.2) is 4.99 Å². The number of anilines is 1. The summed E-state index contributed by atoms with van der Waals surface area (Å²) in [5.41, 5.74) is 2.68. The van der Waals surface area contributed by atoms with Gasteiger partial charge in [0.1, 0.15) is 5.92 Å². The van der Waals surface area contributed by atoms with E-state index < -0.39 is 11.8 Å². The van der Waals surface area contributed by atoms with E-state index in [0.717, 1.165) is 16.1 Å². The van der Waals surface area contributed by atoms with E-state index >= 15 is 0 Å². The minimum atomic E-state index is -0.667. The standard InChI is InChI=1S/C23H23N3O3S2/c1-4-29-19(27)13-31-23-16(12-24)21(18-10-7-11-30-18)20(15(3)25-23)22(28)26-17-9-6-5-8-14(17)2/h5-11,16,21H,4,13H2,1-3H3,(H,26,28)/t16?,21-/m1/s1. The molecule has 0 saturated carbocycles. The molecule has 1 amide bonds. The topological polar surface area (TPSA) is 91.5 Å². The molecule has 8 heteroatoms. The highest BCUT2D eigenvalue weighted by Crippen LogP contribution is 2.43. The third-order valence-corrected chi connectivity index (χ3v) is 6.82. The number of nitrogens with one attached hydrogen (secondary N) is 1. The van der Waals surface area contributed by atoms with Crippen molar-refractivity contribution >= 4 is 45.7 Å². The van der Waals surface area contributed by atoms with Gasteiger partial charge in [-0.3, -0.25) is 9.59 Å². The first-order chi connectivity index (χ1) is 15.0. The molecular formula is C23H23N3O3S2. The summed E-state index contributed by atoms with van der Waals surface area (Å²) in [5, 5.41) is 15.4. The number of esters is 1. The Hall–Kier alpha value is -2.89. The Morgan fingerprint density at radius 1 is 1.26 bits per heavy atom. The van der Waals surface area contributed by atoms with Gasteiger partial charge in [-0.1, -0.05) is 36.0 Å². The summed E-state index contributed by atoms with van der Waals surface area (Å²) in [6.07, 6.45) is 0. The number of amides is 1. The molecule has 0 radical (unpaired) electrons. The van der Waals surface area contributed by atoms with Gasteiger partial charge in [-0.15, -0.1) is 11.3 Å². The molecule has 1 unspecified atom stereocenters. The quantitative estimate of drug-likeness (QED) is 0.628. The van der Waals surface area contributed by atoms with Crippen LogP contribution >= 0.6 is 23.1 Å². The lowest BCUT2D eigenvalue weighted by Crippen LogP contribution is -2.31. The first kappa shape index (κ1) is 22.8. The largest absolute Gasteiger partial charge is 0.465 e. The van der Waals surface area contributed by atoms with Gasteiger partial charge in [0, 0.05) is 27.8 Å². The maximum absolute atomic E-state index is 13.3. The number of rotatable bonds is 6. The third kappa shape index (κ3) is 5.24. The Bertz CT molecular complexity index is 1070. The van der Waals surface area contributed by atoms with Crippen molar-refractivity contribution in [1.82, 2.24) is 0 Å². The van der Waals surface area contributed by atoms with Crippen LogP contribution in [0.3, 0.4) is 0 Å². The molecule has 31 heavy (non-hydrogen) atoms. The highest BCUT2D eigenvalue weighted by atomic mass is 32.2. The third-order valence-electron chi connectivity index (χ3n) is 4.85. The van der Waals surface area contributed by atoms with Crippen LogP contribution in [-0.2, 0) is 14.3 Å². The van der Waals surface area contributed by atoms with Gasteiger partial charge in [-0.2, -0.15) is 5.26 Å². The molecule has 3 rings (SSSR count). The monoisotopic (exact) mass is 453 g/mol.